The largest absolute Gasteiger partial charge is 0.376 e. The Bertz CT molecular complexity index is 901. The predicted octanol–water partition coefficient (Wildman–Crippen LogP) is 1.78. The number of benzene rings is 1. The number of hydrogen-bond acceptors (Lipinski definition) is 7. The quantitative estimate of drug-likeness (QED) is 0.654. The minimum atomic E-state index is -0.256. The van der Waals surface area contributed by atoms with E-state index in [4.69, 9.17) is 9.26 Å². The minimum absolute atomic E-state index is 0.141. The minimum Gasteiger partial charge on any atom is -0.376 e. The molecule has 1 amide bonds. The van der Waals surface area contributed by atoms with Gasteiger partial charge in [-0.2, -0.15) is 4.98 Å². The summed E-state index contributed by atoms with van der Waals surface area (Å²) < 4.78 is 12.5. The van der Waals surface area contributed by atoms with Crippen molar-refractivity contribution < 1.29 is 14.1 Å². The molecule has 1 fully saturated rings. The average molecular weight is 368 g/mol. The topological polar surface area (TPSA) is 99.2 Å². The van der Waals surface area contributed by atoms with Crippen LogP contribution in [0.25, 0.3) is 11.4 Å². The van der Waals surface area contributed by atoms with Crippen molar-refractivity contribution in [2.24, 2.45) is 0 Å². The molecule has 1 aliphatic heterocycles. The van der Waals surface area contributed by atoms with Crippen molar-refractivity contribution in [1.82, 2.24) is 30.0 Å². The Morgan fingerprint density at radius 2 is 2.19 bits per heavy atom. The molecule has 140 valence electrons. The van der Waals surface area contributed by atoms with Crippen LogP contribution < -0.4 is 0 Å². The number of aromatic nitrogens is 5. The third-order valence-corrected chi connectivity index (χ3v) is 4.39. The van der Waals surface area contributed by atoms with E-state index in [1.807, 2.05) is 30.3 Å². The van der Waals surface area contributed by atoms with Gasteiger partial charge in [0.05, 0.1) is 18.8 Å². The molecule has 0 aliphatic carbocycles. The zero-order chi connectivity index (χ0) is 18.6. The Balaban J connectivity index is 1.38. The summed E-state index contributed by atoms with van der Waals surface area (Å²) >= 11 is 0. The zero-order valence-electron chi connectivity index (χ0n) is 15.0. The van der Waals surface area contributed by atoms with E-state index < -0.39 is 0 Å². The Labute approximate surface area is 155 Å². The van der Waals surface area contributed by atoms with Crippen molar-refractivity contribution in [3.63, 3.8) is 0 Å². The number of ether oxygens (including phenoxy) is 1. The van der Waals surface area contributed by atoms with E-state index >= 15 is 0 Å². The highest BCUT2D eigenvalue weighted by Gasteiger charge is 2.21. The maximum atomic E-state index is 12.6. The molecule has 27 heavy (non-hydrogen) atoms. The molecule has 1 aliphatic rings. The lowest BCUT2D eigenvalue weighted by Crippen LogP contribution is -2.26. The van der Waals surface area contributed by atoms with Gasteiger partial charge in [0.15, 0.2) is 5.69 Å². The molecule has 9 nitrogen and oxygen atoms in total. The van der Waals surface area contributed by atoms with Gasteiger partial charge in [-0.05, 0) is 12.8 Å². The third-order valence-electron chi connectivity index (χ3n) is 4.39. The van der Waals surface area contributed by atoms with Gasteiger partial charge < -0.3 is 14.2 Å². The van der Waals surface area contributed by atoms with Crippen LogP contribution in [0.2, 0.25) is 0 Å². The molecule has 3 aromatic rings. The van der Waals surface area contributed by atoms with Crippen LogP contribution >= 0.6 is 0 Å². The number of nitrogens with zero attached hydrogens (tertiary/aromatic N) is 6. The van der Waals surface area contributed by atoms with Crippen LogP contribution in [0.1, 0.15) is 29.2 Å². The third kappa shape index (κ3) is 4.03. The Kier molecular flexibility index (Phi) is 4.93. The first-order valence-corrected chi connectivity index (χ1v) is 8.84. The van der Waals surface area contributed by atoms with Crippen LogP contribution in [0.4, 0.5) is 0 Å². The molecule has 0 spiro atoms. The first-order valence-electron chi connectivity index (χ1n) is 8.84. The van der Waals surface area contributed by atoms with Crippen LogP contribution in [-0.2, 0) is 17.8 Å². The van der Waals surface area contributed by atoms with E-state index in [-0.39, 0.29) is 24.2 Å². The molecule has 0 radical (unpaired) electrons. The van der Waals surface area contributed by atoms with Gasteiger partial charge in [-0.3, -0.25) is 4.79 Å². The highest BCUT2D eigenvalue weighted by atomic mass is 16.5. The first-order chi connectivity index (χ1) is 13.2. The monoisotopic (exact) mass is 368 g/mol. The molecular formula is C18H20N6O3. The van der Waals surface area contributed by atoms with Gasteiger partial charge in [0, 0.05) is 19.2 Å². The molecule has 1 atom stereocenters. The van der Waals surface area contributed by atoms with Crippen LogP contribution in [0.5, 0.6) is 0 Å². The smallest absolute Gasteiger partial charge is 0.276 e. The van der Waals surface area contributed by atoms with Gasteiger partial charge in [-0.15, -0.1) is 5.10 Å². The molecule has 2 aromatic heterocycles. The van der Waals surface area contributed by atoms with E-state index in [0.29, 0.717) is 18.3 Å². The predicted molar refractivity (Wildman–Crippen MR) is 94.5 cm³/mol. The lowest BCUT2D eigenvalue weighted by atomic mass is 10.2. The van der Waals surface area contributed by atoms with Gasteiger partial charge in [-0.1, -0.05) is 40.7 Å². The summed E-state index contributed by atoms with van der Waals surface area (Å²) in [6.45, 7) is 1.58. The van der Waals surface area contributed by atoms with E-state index in [9.17, 15) is 4.79 Å². The first kappa shape index (κ1) is 17.3. The molecule has 1 aromatic carbocycles. The van der Waals surface area contributed by atoms with Gasteiger partial charge in [0.1, 0.15) is 6.54 Å². The molecule has 0 saturated carbocycles. The van der Waals surface area contributed by atoms with Crippen molar-refractivity contribution in [3.8, 4) is 11.4 Å². The molecule has 0 N–H and O–H groups in total. The summed E-state index contributed by atoms with van der Waals surface area (Å²) in [4.78, 5) is 18.4. The lowest BCUT2D eigenvalue weighted by molar-refractivity contribution is 0.0763. The molecule has 0 bridgehead atoms. The van der Waals surface area contributed by atoms with Crippen molar-refractivity contribution >= 4 is 5.91 Å². The molecule has 0 unspecified atom stereocenters. The number of carbonyl (C=O) groups excluding carboxylic acids is 1. The van der Waals surface area contributed by atoms with Crippen molar-refractivity contribution in [3.05, 3.63) is 48.1 Å². The van der Waals surface area contributed by atoms with Crippen molar-refractivity contribution in [2.45, 2.75) is 32.0 Å². The summed E-state index contributed by atoms with van der Waals surface area (Å²) in [5, 5.41) is 12.0. The normalized spacial score (nSPS) is 16.6. The SMILES string of the molecule is CN(Cc1nc(-c2ccccc2)no1)C(=O)c1cn(C[C@@H]2CCCO2)nn1. The summed E-state index contributed by atoms with van der Waals surface area (Å²) in [7, 11) is 1.66. The fraction of sp³-hybridized carbons (Fsp3) is 0.389. The van der Waals surface area contributed by atoms with Gasteiger partial charge in [0.25, 0.3) is 5.91 Å². The maximum Gasteiger partial charge on any atom is 0.276 e. The van der Waals surface area contributed by atoms with Gasteiger partial charge >= 0.3 is 0 Å². The second kappa shape index (κ2) is 7.67. The fourth-order valence-corrected chi connectivity index (χ4v) is 2.98. The summed E-state index contributed by atoms with van der Waals surface area (Å²) in [6.07, 6.45) is 3.85. The molecule has 9 heteroatoms. The van der Waals surface area contributed by atoms with E-state index in [2.05, 4.69) is 20.5 Å². The number of amides is 1. The molecule has 3 heterocycles. The number of rotatable bonds is 6. The van der Waals surface area contributed by atoms with Gasteiger partial charge in [0.2, 0.25) is 11.7 Å². The van der Waals surface area contributed by atoms with Crippen LogP contribution in [-0.4, -0.2) is 55.7 Å². The van der Waals surface area contributed by atoms with Crippen molar-refractivity contribution in [2.75, 3.05) is 13.7 Å². The highest BCUT2D eigenvalue weighted by molar-refractivity contribution is 5.91. The molecule has 1 saturated heterocycles. The van der Waals surface area contributed by atoms with E-state index in [0.717, 1.165) is 25.0 Å². The Morgan fingerprint density at radius 3 is 2.96 bits per heavy atom. The maximum absolute atomic E-state index is 12.6. The second-order valence-electron chi connectivity index (χ2n) is 6.50. The lowest BCUT2D eigenvalue weighted by Gasteiger charge is -2.12. The second-order valence-corrected chi connectivity index (χ2v) is 6.50. The Morgan fingerprint density at radius 1 is 1.33 bits per heavy atom. The van der Waals surface area contributed by atoms with Gasteiger partial charge in [-0.25, -0.2) is 4.68 Å². The van der Waals surface area contributed by atoms with E-state index in [1.165, 1.54) is 4.90 Å². The number of carbonyl (C=O) groups is 1. The summed E-state index contributed by atoms with van der Waals surface area (Å²) in [6, 6.07) is 9.52. The van der Waals surface area contributed by atoms with Crippen LogP contribution in [0.3, 0.4) is 0 Å². The summed E-state index contributed by atoms with van der Waals surface area (Å²) in [5.74, 6) is 0.596. The average Bonchev–Trinajstić information content (AvgIpc) is 3.44. The standard InChI is InChI=1S/C18H20N6O3/c1-23(12-16-19-17(21-27-16)13-6-3-2-4-7-13)18(25)15-11-24(22-20-15)10-14-8-5-9-26-14/h2-4,6-7,11,14H,5,8-10,12H2,1H3/t14-/m0/s1. The molecule has 4 rings (SSSR count). The zero-order valence-corrected chi connectivity index (χ0v) is 15.0. The fourth-order valence-electron chi connectivity index (χ4n) is 2.98. The highest BCUT2D eigenvalue weighted by Crippen LogP contribution is 2.16. The van der Waals surface area contributed by atoms with E-state index in [1.54, 1.807) is 17.9 Å². The molecular weight excluding hydrogens is 348 g/mol. The Hall–Kier alpha value is -3.07. The summed E-state index contributed by atoms with van der Waals surface area (Å²) in [5.41, 5.74) is 1.14. The van der Waals surface area contributed by atoms with Crippen molar-refractivity contribution in [1.29, 1.82) is 0 Å². The number of hydrogen-bond donors (Lipinski definition) is 0. The van der Waals surface area contributed by atoms with Crippen LogP contribution in [0, 0.1) is 0 Å². The van der Waals surface area contributed by atoms with Crippen LogP contribution in [0.15, 0.2) is 41.1 Å².